The number of anilines is 1. The first kappa shape index (κ1) is 26.8. The second kappa shape index (κ2) is 11.5. The fourth-order valence-corrected chi connectivity index (χ4v) is 7.43. The van der Waals surface area contributed by atoms with Crippen molar-refractivity contribution in [2.24, 2.45) is 0 Å². The molecule has 0 aliphatic heterocycles. The van der Waals surface area contributed by atoms with Crippen molar-refractivity contribution in [2.75, 3.05) is 11.1 Å². The molecule has 0 bridgehead atoms. The van der Waals surface area contributed by atoms with Gasteiger partial charge in [-0.3, -0.25) is 10.1 Å². The van der Waals surface area contributed by atoms with E-state index in [0.717, 1.165) is 20.9 Å². The first-order valence-corrected chi connectivity index (χ1v) is 14.3. The van der Waals surface area contributed by atoms with Crippen molar-refractivity contribution in [3.8, 4) is 0 Å². The number of amides is 2. The molecule has 7 nitrogen and oxygen atoms in total. The van der Waals surface area contributed by atoms with E-state index in [0.29, 0.717) is 5.13 Å². The van der Waals surface area contributed by atoms with Gasteiger partial charge in [0.25, 0.3) is 0 Å². The molecule has 192 valence electrons. The largest absolute Gasteiger partial charge is 0.530 e. The fraction of sp³-hybridized carbons (Fsp3) is 0.259. The minimum Gasteiger partial charge on any atom is -0.530 e. The van der Waals surface area contributed by atoms with E-state index in [1.54, 1.807) is 32.1 Å². The Morgan fingerprint density at radius 2 is 1.59 bits per heavy atom. The van der Waals surface area contributed by atoms with Crippen LogP contribution < -0.4 is 10.4 Å². The summed E-state index contributed by atoms with van der Waals surface area (Å²) in [4.78, 5) is 28.1. The van der Waals surface area contributed by atoms with Gasteiger partial charge in [0.05, 0.1) is 4.75 Å². The van der Waals surface area contributed by atoms with Gasteiger partial charge in [-0.1, -0.05) is 78.1 Å². The topological polar surface area (TPSA) is 98.2 Å². The summed E-state index contributed by atoms with van der Waals surface area (Å²) in [7, 11) is 0. The number of nitrogens with zero attached hydrogens (tertiary/aromatic N) is 3. The number of aromatic nitrogens is 2. The molecule has 1 N–H and O–H groups in total. The minimum absolute atomic E-state index is 0.164. The molecule has 0 aliphatic rings. The third-order valence-electron chi connectivity index (χ3n) is 5.81. The van der Waals surface area contributed by atoms with Crippen molar-refractivity contribution in [1.82, 2.24) is 15.1 Å². The van der Waals surface area contributed by atoms with Crippen molar-refractivity contribution >= 4 is 51.6 Å². The number of nitrogens with one attached hydrogen (secondary N) is 1. The zero-order valence-corrected chi connectivity index (χ0v) is 23.1. The van der Waals surface area contributed by atoms with Crippen LogP contribution in [0.15, 0.2) is 83.7 Å². The van der Waals surface area contributed by atoms with Gasteiger partial charge in [0.15, 0.2) is 0 Å². The van der Waals surface area contributed by atoms with Gasteiger partial charge < -0.3 is 14.8 Å². The third kappa shape index (κ3) is 5.87. The average Bonchev–Trinajstić information content (AvgIpc) is 3.59. The van der Waals surface area contributed by atoms with Crippen molar-refractivity contribution in [2.45, 2.75) is 37.1 Å². The Bertz CT molecular complexity index is 1250. The summed E-state index contributed by atoms with van der Waals surface area (Å²) in [5, 5.41) is 25.1. The SMILES string of the molecule is CC(C)(C)N(C(=O)[O-])C(CSC(c1ccccc1)(c1ccccc1)c1cccs1)C(=O)Nc1nncs1. The summed E-state index contributed by atoms with van der Waals surface area (Å²) < 4.78 is -0.673. The van der Waals surface area contributed by atoms with E-state index in [1.165, 1.54) is 28.6 Å². The molecule has 37 heavy (non-hydrogen) atoms. The van der Waals surface area contributed by atoms with E-state index in [-0.39, 0.29) is 5.75 Å². The molecule has 0 radical (unpaired) electrons. The fourth-order valence-electron chi connectivity index (χ4n) is 4.27. The van der Waals surface area contributed by atoms with Crippen LogP contribution in [-0.4, -0.2) is 44.4 Å². The van der Waals surface area contributed by atoms with Gasteiger partial charge in [-0.25, -0.2) is 0 Å². The van der Waals surface area contributed by atoms with E-state index >= 15 is 0 Å². The van der Waals surface area contributed by atoms with Crippen LogP contribution in [0, 0.1) is 0 Å². The molecule has 1 unspecified atom stereocenters. The highest BCUT2D eigenvalue weighted by atomic mass is 32.2. The summed E-state index contributed by atoms with van der Waals surface area (Å²) >= 11 is 4.32. The number of thiophene rings is 1. The Balaban J connectivity index is 1.82. The molecule has 2 aromatic heterocycles. The Morgan fingerprint density at radius 3 is 2.05 bits per heavy atom. The highest BCUT2D eigenvalue weighted by molar-refractivity contribution is 8.00. The summed E-state index contributed by atoms with van der Waals surface area (Å²) in [6.45, 7) is 5.25. The molecule has 0 aliphatic carbocycles. The third-order valence-corrected chi connectivity index (χ3v) is 9.14. The van der Waals surface area contributed by atoms with Crippen LogP contribution in [-0.2, 0) is 9.54 Å². The average molecular weight is 552 g/mol. The number of carboxylic acid groups (broad SMARTS) is 1. The zero-order valence-electron chi connectivity index (χ0n) is 20.7. The van der Waals surface area contributed by atoms with Crippen LogP contribution in [0.25, 0.3) is 0 Å². The maximum absolute atomic E-state index is 13.6. The first-order chi connectivity index (χ1) is 17.7. The Labute approximate surface area is 228 Å². The van der Waals surface area contributed by atoms with Crippen molar-refractivity contribution < 1.29 is 14.7 Å². The lowest BCUT2D eigenvalue weighted by atomic mass is 9.89. The number of carbonyl (C=O) groups excluding carboxylic acids is 2. The molecule has 2 aromatic carbocycles. The zero-order chi connectivity index (χ0) is 26.5. The van der Waals surface area contributed by atoms with Crippen molar-refractivity contribution in [3.05, 3.63) is 99.7 Å². The van der Waals surface area contributed by atoms with E-state index in [2.05, 4.69) is 45.8 Å². The number of thioether (sulfide) groups is 1. The number of rotatable bonds is 9. The smallest absolute Gasteiger partial charge is 0.249 e. The van der Waals surface area contributed by atoms with Gasteiger partial charge in [-0.05, 0) is 43.3 Å². The molecule has 2 heterocycles. The molecule has 1 atom stereocenters. The standard InChI is InChI=1S/C27H28N4O3S3/c1-26(2,3)31(25(33)34)21(23(32)29-24-30-28-18-36-24)17-37-27(22-15-10-16-35-22,19-11-6-4-7-12-19)20-13-8-5-9-14-20/h4-16,18,21H,17H2,1-3H3,(H,33,34)(H,29,30,32)/p-1. The van der Waals surface area contributed by atoms with Crippen LogP contribution in [0.1, 0.15) is 36.8 Å². The van der Waals surface area contributed by atoms with Gasteiger partial charge in [-0.15, -0.1) is 33.3 Å². The minimum atomic E-state index is -1.41. The van der Waals surface area contributed by atoms with E-state index < -0.39 is 28.3 Å². The molecular weight excluding hydrogens is 525 g/mol. The first-order valence-electron chi connectivity index (χ1n) is 11.6. The maximum Gasteiger partial charge on any atom is 0.249 e. The van der Waals surface area contributed by atoms with Crippen LogP contribution >= 0.6 is 34.4 Å². The lowest BCUT2D eigenvalue weighted by Gasteiger charge is -2.44. The molecule has 4 rings (SSSR count). The van der Waals surface area contributed by atoms with Crippen LogP contribution in [0.5, 0.6) is 0 Å². The monoisotopic (exact) mass is 551 g/mol. The van der Waals surface area contributed by atoms with Gasteiger partial charge in [0.2, 0.25) is 11.0 Å². The molecular formula is C27H27N4O3S3-. The van der Waals surface area contributed by atoms with Crippen molar-refractivity contribution in [1.29, 1.82) is 0 Å². The Hall–Kier alpha value is -3.21. The Morgan fingerprint density at radius 1 is 0.973 bits per heavy atom. The molecule has 0 fully saturated rings. The van der Waals surface area contributed by atoms with Gasteiger partial charge in [-0.2, -0.15) is 0 Å². The molecule has 0 saturated carbocycles. The lowest BCUT2D eigenvalue weighted by Crippen LogP contribution is -2.61. The van der Waals surface area contributed by atoms with Crippen LogP contribution in [0.3, 0.4) is 0 Å². The highest BCUT2D eigenvalue weighted by Crippen LogP contribution is 2.50. The summed E-state index contributed by atoms with van der Waals surface area (Å²) in [5.41, 5.74) is 2.69. The van der Waals surface area contributed by atoms with Gasteiger partial charge >= 0.3 is 0 Å². The quantitative estimate of drug-likeness (QED) is 0.312. The Kier molecular flexibility index (Phi) is 8.31. The molecule has 4 aromatic rings. The molecule has 2 amide bonds. The second-order valence-electron chi connectivity index (χ2n) is 9.26. The van der Waals surface area contributed by atoms with Gasteiger partial charge in [0, 0.05) is 16.2 Å². The van der Waals surface area contributed by atoms with E-state index in [9.17, 15) is 14.7 Å². The summed E-state index contributed by atoms with van der Waals surface area (Å²) in [6, 6.07) is 23.2. The normalized spacial score (nSPS) is 12.6. The number of benzene rings is 2. The van der Waals surface area contributed by atoms with Crippen LogP contribution in [0.4, 0.5) is 9.93 Å². The van der Waals surface area contributed by atoms with Crippen molar-refractivity contribution in [3.63, 3.8) is 0 Å². The molecule has 10 heteroatoms. The lowest BCUT2D eigenvalue weighted by molar-refractivity contribution is -0.272. The predicted octanol–water partition coefficient (Wildman–Crippen LogP) is 5.08. The molecule has 0 spiro atoms. The summed E-state index contributed by atoms with van der Waals surface area (Å²) in [5.74, 6) is -0.318. The maximum atomic E-state index is 13.6. The molecule has 0 saturated heterocycles. The van der Waals surface area contributed by atoms with E-state index in [4.69, 9.17) is 0 Å². The highest BCUT2D eigenvalue weighted by Gasteiger charge is 2.42. The number of hydrogen-bond acceptors (Lipinski definition) is 8. The number of carbonyl (C=O) groups is 2. The van der Waals surface area contributed by atoms with E-state index in [1.807, 2.05) is 47.8 Å². The van der Waals surface area contributed by atoms with Crippen LogP contribution in [0.2, 0.25) is 0 Å². The number of hydrogen-bond donors (Lipinski definition) is 1. The predicted molar refractivity (Wildman–Crippen MR) is 149 cm³/mol. The summed E-state index contributed by atoms with van der Waals surface area (Å²) in [6.07, 6.45) is -1.41. The van der Waals surface area contributed by atoms with Gasteiger partial charge in [0.1, 0.15) is 17.6 Å². The second-order valence-corrected chi connectivity index (χ2v) is 12.3.